The number of aldehydes is 1. The summed E-state index contributed by atoms with van der Waals surface area (Å²) in [5.74, 6) is 0. The molecule has 0 aliphatic rings. The molecule has 3 heteroatoms. The Balaban J connectivity index is 0. The van der Waals surface area contributed by atoms with E-state index < -0.39 is 0 Å². The first-order chi connectivity index (χ1) is 5.85. The second-order valence-corrected chi connectivity index (χ2v) is 3.17. The molecular weight excluding hydrogens is 190 g/mol. The van der Waals surface area contributed by atoms with Crippen molar-refractivity contribution in [2.75, 3.05) is 19.6 Å². The summed E-state index contributed by atoms with van der Waals surface area (Å²) in [5.41, 5.74) is 0. The number of carbonyl (C=O) groups is 1. The minimum absolute atomic E-state index is 0. The number of nitrogens with zero attached hydrogens (tertiary/aromatic N) is 1. The molecular formula is C10H23CaNO. The van der Waals surface area contributed by atoms with Crippen molar-refractivity contribution < 1.29 is 4.79 Å². The Labute approximate surface area is 112 Å². The van der Waals surface area contributed by atoms with Gasteiger partial charge in [-0.3, -0.25) is 4.90 Å². The van der Waals surface area contributed by atoms with Gasteiger partial charge in [0.1, 0.15) is 6.29 Å². The van der Waals surface area contributed by atoms with Gasteiger partial charge >= 0.3 is 37.7 Å². The van der Waals surface area contributed by atoms with Crippen LogP contribution in [-0.2, 0) is 4.79 Å². The molecule has 0 radical (unpaired) electrons. The van der Waals surface area contributed by atoms with Crippen LogP contribution < -0.4 is 0 Å². The van der Waals surface area contributed by atoms with E-state index in [1.165, 1.54) is 25.7 Å². The third-order valence-corrected chi connectivity index (χ3v) is 1.99. The number of hydrogen-bond acceptors (Lipinski definition) is 2. The van der Waals surface area contributed by atoms with Crippen LogP contribution in [0.1, 0.15) is 39.5 Å². The molecule has 0 aromatic heterocycles. The van der Waals surface area contributed by atoms with Gasteiger partial charge in [-0.25, -0.2) is 0 Å². The quantitative estimate of drug-likeness (QED) is 0.446. The topological polar surface area (TPSA) is 20.3 Å². The molecule has 0 atom stereocenters. The van der Waals surface area contributed by atoms with Crippen LogP contribution in [0.3, 0.4) is 0 Å². The van der Waals surface area contributed by atoms with E-state index in [1.807, 2.05) is 0 Å². The van der Waals surface area contributed by atoms with Gasteiger partial charge in [0.15, 0.2) is 0 Å². The second-order valence-electron chi connectivity index (χ2n) is 3.17. The Morgan fingerprint density at radius 3 is 1.85 bits per heavy atom. The van der Waals surface area contributed by atoms with E-state index in [-0.39, 0.29) is 37.7 Å². The van der Waals surface area contributed by atoms with Gasteiger partial charge in [0, 0.05) is 0 Å². The third kappa shape index (κ3) is 10.8. The van der Waals surface area contributed by atoms with Gasteiger partial charge in [-0.15, -0.1) is 0 Å². The van der Waals surface area contributed by atoms with Gasteiger partial charge in [0.2, 0.25) is 0 Å². The van der Waals surface area contributed by atoms with Crippen LogP contribution in [0.2, 0.25) is 0 Å². The van der Waals surface area contributed by atoms with Crippen LogP contribution in [0.15, 0.2) is 0 Å². The third-order valence-electron chi connectivity index (χ3n) is 1.99. The maximum atomic E-state index is 10.3. The Hall–Kier alpha value is 0.890. The summed E-state index contributed by atoms with van der Waals surface area (Å²) in [5, 5.41) is 0. The molecule has 0 fully saturated rings. The van der Waals surface area contributed by atoms with E-state index in [4.69, 9.17) is 0 Å². The van der Waals surface area contributed by atoms with Crippen molar-refractivity contribution in [3.05, 3.63) is 0 Å². The van der Waals surface area contributed by atoms with Crippen LogP contribution in [-0.4, -0.2) is 68.6 Å². The molecule has 0 N–H and O–H groups in total. The summed E-state index contributed by atoms with van der Waals surface area (Å²) in [6, 6.07) is 0. The molecule has 0 rings (SSSR count). The summed E-state index contributed by atoms with van der Waals surface area (Å²) in [4.78, 5) is 12.5. The Bertz CT molecular complexity index is 101. The molecule has 0 unspecified atom stereocenters. The van der Waals surface area contributed by atoms with Crippen LogP contribution in [0.4, 0.5) is 0 Å². The van der Waals surface area contributed by atoms with Crippen molar-refractivity contribution in [3.8, 4) is 0 Å². The van der Waals surface area contributed by atoms with Gasteiger partial charge < -0.3 is 4.79 Å². The summed E-state index contributed by atoms with van der Waals surface area (Å²) in [7, 11) is 0. The first-order valence-electron chi connectivity index (χ1n) is 5.01. The molecule has 0 bridgehead atoms. The van der Waals surface area contributed by atoms with E-state index >= 15 is 0 Å². The molecule has 2 nitrogen and oxygen atoms in total. The van der Waals surface area contributed by atoms with Gasteiger partial charge in [0.05, 0.1) is 6.54 Å². The second kappa shape index (κ2) is 12.9. The zero-order valence-electron chi connectivity index (χ0n) is 8.38. The molecule has 0 spiro atoms. The average Bonchev–Trinajstić information content (AvgIpc) is 2.10. The van der Waals surface area contributed by atoms with Crippen LogP contribution in [0, 0.1) is 0 Å². The van der Waals surface area contributed by atoms with Crippen molar-refractivity contribution in [1.29, 1.82) is 0 Å². The van der Waals surface area contributed by atoms with E-state index in [9.17, 15) is 4.79 Å². The van der Waals surface area contributed by atoms with Crippen molar-refractivity contribution in [1.82, 2.24) is 4.90 Å². The predicted octanol–water partition coefficient (Wildman–Crippen LogP) is 1.17. The SMILES string of the molecule is CCCCN(CC=O)CCCC.[CaH2]. The minimum atomic E-state index is 0. The van der Waals surface area contributed by atoms with E-state index in [1.54, 1.807) is 0 Å². The van der Waals surface area contributed by atoms with Gasteiger partial charge in [-0.1, -0.05) is 26.7 Å². The summed E-state index contributed by atoms with van der Waals surface area (Å²) in [6.45, 7) is 7.13. The first-order valence-corrected chi connectivity index (χ1v) is 5.01. The molecule has 13 heavy (non-hydrogen) atoms. The molecule has 0 saturated carbocycles. The number of rotatable bonds is 8. The number of hydrogen-bond donors (Lipinski definition) is 0. The van der Waals surface area contributed by atoms with Crippen molar-refractivity contribution in [2.45, 2.75) is 39.5 Å². The molecule has 0 heterocycles. The molecule has 76 valence electrons. The molecule has 0 amide bonds. The summed E-state index contributed by atoms with van der Waals surface area (Å²) >= 11 is 0. The molecule has 0 aromatic carbocycles. The summed E-state index contributed by atoms with van der Waals surface area (Å²) < 4.78 is 0. The summed E-state index contributed by atoms with van der Waals surface area (Å²) in [6.07, 6.45) is 5.84. The van der Waals surface area contributed by atoms with E-state index in [2.05, 4.69) is 18.7 Å². The molecule has 0 aliphatic heterocycles. The zero-order chi connectivity index (χ0) is 9.23. The zero-order valence-corrected chi connectivity index (χ0v) is 8.38. The van der Waals surface area contributed by atoms with E-state index in [0.29, 0.717) is 6.54 Å². The monoisotopic (exact) mass is 213 g/mol. The van der Waals surface area contributed by atoms with Crippen LogP contribution in [0.25, 0.3) is 0 Å². The Morgan fingerprint density at radius 2 is 1.54 bits per heavy atom. The van der Waals surface area contributed by atoms with Gasteiger partial charge in [-0.05, 0) is 25.9 Å². The van der Waals surface area contributed by atoms with Crippen molar-refractivity contribution >= 4 is 44.0 Å². The van der Waals surface area contributed by atoms with Crippen LogP contribution in [0.5, 0.6) is 0 Å². The van der Waals surface area contributed by atoms with Gasteiger partial charge in [0.25, 0.3) is 0 Å². The number of carbonyl (C=O) groups excluding carboxylic acids is 1. The Kier molecular flexibility index (Phi) is 16.2. The normalized spacial score (nSPS) is 9.77. The number of unbranched alkanes of at least 4 members (excludes halogenated alkanes) is 2. The standard InChI is InChI=1S/C10H21NO.Ca.2H/c1-3-5-7-11(9-10-12)8-6-4-2;;;/h10H,3-9H2,1-2H3;;;. The predicted molar refractivity (Wildman–Crippen MR) is 60.9 cm³/mol. The van der Waals surface area contributed by atoms with Gasteiger partial charge in [-0.2, -0.15) is 0 Å². The Morgan fingerprint density at radius 1 is 1.08 bits per heavy atom. The first kappa shape index (κ1) is 16.3. The van der Waals surface area contributed by atoms with Crippen LogP contribution >= 0.6 is 0 Å². The fourth-order valence-corrected chi connectivity index (χ4v) is 1.16. The fraction of sp³-hybridized carbons (Fsp3) is 0.900. The van der Waals surface area contributed by atoms with Crippen molar-refractivity contribution in [3.63, 3.8) is 0 Å². The van der Waals surface area contributed by atoms with E-state index in [0.717, 1.165) is 19.4 Å². The molecule has 0 aliphatic carbocycles. The maximum absolute atomic E-state index is 10.3. The fourth-order valence-electron chi connectivity index (χ4n) is 1.16. The average molecular weight is 213 g/mol. The van der Waals surface area contributed by atoms with Crippen molar-refractivity contribution in [2.24, 2.45) is 0 Å². The molecule has 0 saturated heterocycles. The molecule has 0 aromatic rings.